The van der Waals surface area contributed by atoms with Crippen molar-refractivity contribution in [2.75, 3.05) is 7.11 Å². The predicted molar refractivity (Wildman–Crippen MR) is 91.7 cm³/mol. The van der Waals surface area contributed by atoms with Crippen LogP contribution >= 0.6 is 0 Å². The molecular formula is C17H14F6IO3Sb. The van der Waals surface area contributed by atoms with Crippen molar-refractivity contribution in [2.24, 2.45) is 0 Å². The summed E-state index contributed by atoms with van der Waals surface area (Å²) in [7, 11) is 1.59. The van der Waals surface area contributed by atoms with Crippen LogP contribution in [0.1, 0.15) is 5.56 Å². The molecule has 28 heavy (non-hydrogen) atoms. The van der Waals surface area contributed by atoms with Gasteiger partial charge >= 0.3 is 42.0 Å². The molecule has 0 saturated carbocycles. The fourth-order valence-electron chi connectivity index (χ4n) is 2.45. The van der Waals surface area contributed by atoms with Gasteiger partial charge in [-0.1, -0.05) is 12.1 Å². The number of ether oxygens (including phenoxy) is 1. The van der Waals surface area contributed by atoms with Gasteiger partial charge in [-0.3, -0.25) is 0 Å². The molecule has 1 heterocycles. The Hall–Kier alpha value is -1.42. The second-order valence-electron chi connectivity index (χ2n) is 5.71. The molecule has 11 heteroatoms. The van der Waals surface area contributed by atoms with E-state index in [-0.39, 0.29) is 5.63 Å². The van der Waals surface area contributed by atoms with Crippen LogP contribution in [0.15, 0.2) is 51.7 Å². The van der Waals surface area contributed by atoms with Crippen molar-refractivity contribution in [3.8, 4) is 16.9 Å². The summed E-state index contributed by atoms with van der Waals surface area (Å²) in [4.78, 5) is 12.4. The summed E-state index contributed by atoms with van der Waals surface area (Å²) in [5, 5.41) is 0.926. The van der Waals surface area contributed by atoms with E-state index in [2.05, 4.69) is 0 Å². The summed E-state index contributed by atoms with van der Waals surface area (Å²) in [6.45, 7) is 1.95. The molecular weight excluding hydrogens is 615 g/mol. The van der Waals surface area contributed by atoms with Crippen LogP contribution in [0.3, 0.4) is 0 Å². The normalized spacial score (nSPS) is 13.9. The molecule has 0 bridgehead atoms. The maximum absolute atomic E-state index is 12.4. The molecule has 0 fully saturated rings. The summed E-state index contributed by atoms with van der Waals surface area (Å²) < 4.78 is 71.3. The van der Waals surface area contributed by atoms with E-state index in [9.17, 15) is 21.7 Å². The van der Waals surface area contributed by atoms with Gasteiger partial charge in [0.25, 0.3) is 22.6 Å². The van der Waals surface area contributed by atoms with Crippen LogP contribution in [0.25, 0.3) is 22.1 Å². The average Bonchev–Trinajstić information content (AvgIpc) is 2.53. The molecule has 0 aliphatic rings. The van der Waals surface area contributed by atoms with Crippen molar-refractivity contribution in [1.29, 1.82) is 0 Å². The second kappa shape index (κ2) is 7.12. The molecule has 2 aromatic carbocycles. The molecule has 3 nitrogen and oxygen atoms in total. The van der Waals surface area contributed by atoms with E-state index in [1.54, 1.807) is 13.2 Å². The van der Waals surface area contributed by atoms with Crippen molar-refractivity contribution in [3.63, 3.8) is 0 Å². The first kappa shape index (κ1) is 22.9. The Morgan fingerprint density at radius 3 is 2.11 bits per heavy atom. The summed E-state index contributed by atoms with van der Waals surface area (Å²) in [5.41, 5.74) is 2.72. The Balaban J connectivity index is 0.000000345. The number of aryl methyl sites for hydroxylation is 1. The topological polar surface area (TPSA) is 39.4 Å². The summed E-state index contributed by atoms with van der Waals surface area (Å²) in [6.07, 6.45) is 0. The van der Waals surface area contributed by atoms with Gasteiger partial charge in [-0.2, -0.15) is 0 Å². The molecule has 1 aromatic heterocycles. The standard InChI is InChI=1S/C17H14IO3.6FH.Sb/c1-10-12-8-7-11(20-2)9-15(12)21-17(19)16(10)13-5-3-4-6-14(13)18;;;;;;;/h3-9,18H,1-2H3;6*1H;/q+1;;;;;;;+5/p-6. The number of fused-ring (bicyclic) bond motifs is 1. The minimum absolute atomic E-state index is 0.315. The minimum atomic E-state index is -11.2. The molecule has 0 radical (unpaired) electrons. The molecule has 0 N–H and O–H groups in total. The van der Waals surface area contributed by atoms with E-state index in [0.29, 0.717) is 16.9 Å². The van der Waals surface area contributed by atoms with Crippen molar-refractivity contribution < 1.29 is 48.6 Å². The van der Waals surface area contributed by atoms with Crippen LogP contribution in [-0.4, -0.2) is 26.6 Å². The van der Waals surface area contributed by atoms with E-state index in [1.165, 1.54) is 0 Å². The van der Waals surface area contributed by atoms with Crippen molar-refractivity contribution in [3.05, 3.63) is 62.0 Å². The van der Waals surface area contributed by atoms with Gasteiger partial charge in [-0.25, -0.2) is 4.79 Å². The molecule has 0 saturated heterocycles. The summed E-state index contributed by atoms with van der Waals surface area (Å²) >= 11 is -9.34. The van der Waals surface area contributed by atoms with E-state index in [0.717, 1.165) is 20.1 Å². The Kier molecular flexibility index (Phi) is 5.82. The molecule has 0 atom stereocenters. The number of benzene rings is 2. The van der Waals surface area contributed by atoms with Gasteiger partial charge in [-0.15, -0.1) is 0 Å². The van der Waals surface area contributed by atoms with Crippen LogP contribution in [0.5, 0.6) is 5.75 Å². The van der Waals surface area contributed by atoms with Crippen molar-refractivity contribution in [2.45, 2.75) is 6.92 Å². The van der Waals surface area contributed by atoms with E-state index in [1.807, 2.05) is 65.9 Å². The maximum atomic E-state index is 12.4. The molecule has 3 aromatic rings. The SMILES string of the molecule is COc1ccc2c(C)c(-c3ccccc3[IH+])c(=O)oc2c1.[F][Sb-]([F])([F])([F])([F])[F]. The third kappa shape index (κ3) is 6.88. The van der Waals surface area contributed by atoms with Gasteiger partial charge in [-0.05, 0) is 36.8 Å². The van der Waals surface area contributed by atoms with Crippen molar-refractivity contribution in [1.82, 2.24) is 0 Å². The number of methoxy groups -OCH3 is 1. The third-order valence-electron chi connectivity index (χ3n) is 3.53. The zero-order chi connectivity index (χ0) is 21.4. The molecule has 0 unspecified atom stereocenters. The Morgan fingerprint density at radius 2 is 1.57 bits per heavy atom. The average molecular weight is 629 g/mol. The van der Waals surface area contributed by atoms with Gasteiger partial charge in [0, 0.05) is 17.0 Å². The zero-order valence-electron chi connectivity index (χ0n) is 14.4. The van der Waals surface area contributed by atoms with Gasteiger partial charge in [0.05, 0.1) is 12.7 Å². The van der Waals surface area contributed by atoms with Gasteiger partial charge in [0.15, 0.2) is 3.57 Å². The van der Waals surface area contributed by atoms with Crippen LogP contribution < -0.4 is 33.0 Å². The Morgan fingerprint density at radius 1 is 1.00 bits per heavy atom. The first-order valence-corrected chi connectivity index (χ1v) is 14.5. The van der Waals surface area contributed by atoms with Crippen LogP contribution in [0, 0.1) is 10.5 Å². The molecule has 0 amide bonds. The van der Waals surface area contributed by atoms with Crippen molar-refractivity contribution >= 4 is 30.4 Å². The monoisotopic (exact) mass is 628 g/mol. The molecule has 0 spiro atoms. The zero-order valence-corrected chi connectivity index (χ0v) is 19.3. The summed E-state index contributed by atoms with van der Waals surface area (Å²) in [5.74, 6) is 0.675. The Labute approximate surface area is 171 Å². The van der Waals surface area contributed by atoms with Crippen LogP contribution in [0.4, 0.5) is 16.9 Å². The number of hydrogen-bond acceptors (Lipinski definition) is 3. The number of rotatable bonds is 2. The molecule has 154 valence electrons. The quantitative estimate of drug-likeness (QED) is 0.190. The molecule has 0 aliphatic heterocycles. The Bertz CT molecular complexity index is 1080. The van der Waals surface area contributed by atoms with Crippen LogP contribution in [-0.2, 0) is 0 Å². The van der Waals surface area contributed by atoms with E-state index in [4.69, 9.17) is 9.15 Å². The van der Waals surface area contributed by atoms with E-state index < -0.39 is 19.5 Å². The third-order valence-corrected chi connectivity index (χ3v) is 4.55. The molecule has 0 aliphatic carbocycles. The van der Waals surface area contributed by atoms with Crippen LogP contribution in [0.2, 0.25) is 0 Å². The fourth-order valence-corrected chi connectivity index (χ4v) is 3.16. The number of halogens is 7. The van der Waals surface area contributed by atoms with Gasteiger partial charge < -0.3 is 9.15 Å². The summed E-state index contributed by atoms with van der Waals surface area (Å²) in [6, 6.07) is 13.4. The first-order chi connectivity index (χ1) is 12.6. The van der Waals surface area contributed by atoms with Gasteiger partial charge in [0.2, 0.25) is 0 Å². The van der Waals surface area contributed by atoms with Gasteiger partial charge in [0.1, 0.15) is 11.3 Å². The predicted octanol–water partition coefficient (Wildman–Crippen LogP) is 2.37. The second-order valence-corrected chi connectivity index (χ2v) is 12.4. The number of hydrogen-bond donors (Lipinski definition) is 0. The molecule has 3 rings (SSSR count). The first-order valence-electron chi connectivity index (χ1n) is 7.51. The fraction of sp³-hybridized carbons (Fsp3) is 0.118. The van der Waals surface area contributed by atoms with E-state index >= 15 is 0 Å².